The molecular formula is C30H31F6N5O6. The summed E-state index contributed by atoms with van der Waals surface area (Å²) in [4.78, 5) is 48.3. The Balaban J connectivity index is 0.000000215. The molecule has 0 radical (unpaired) electrons. The van der Waals surface area contributed by atoms with Crippen LogP contribution in [0.15, 0.2) is 35.2 Å². The fourth-order valence-electron chi connectivity index (χ4n) is 4.77. The molecule has 0 amide bonds. The molecule has 0 bridgehead atoms. The van der Waals surface area contributed by atoms with E-state index in [9.17, 15) is 40.7 Å². The number of carboxylic acid groups (broad SMARTS) is 1. The van der Waals surface area contributed by atoms with Gasteiger partial charge >= 0.3 is 17.8 Å². The first kappa shape index (κ1) is 35.2. The van der Waals surface area contributed by atoms with Crippen LogP contribution >= 0.6 is 0 Å². The molecule has 47 heavy (non-hydrogen) atoms. The summed E-state index contributed by atoms with van der Waals surface area (Å²) in [5.41, 5.74) is 0.513. The van der Waals surface area contributed by atoms with Gasteiger partial charge in [-0.3, -0.25) is 9.59 Å². The SMILES string of the molecule is CCOC(=O)c1nc(-c2cnc(N3CCC(F)(F)CC3)c(F)c2)co1.O=C(O)CCC(=O)c1cnc(N2CCC(F)(F)CC2)c(F)c1. The molecule has 5 rings (SSSR count). The Labute approximate surface area is 264 Å². The number of hydrogen-bond acceptors (Lipinski definition) is 10. The first-order chi connectivity index (χ1) is 22.2. The van der Waals surface area contributed by atoms with Gasteiger partial charge in [0, 0.05) is 81.8 Å². The third-order valence-electron chi connectivity index (χ3n) is 7.37. The van der Waals surface area contributed by atoms with Crippen molar-refractivity contribution in [2.75, 3.05) is 42.6 Å². The van der Waals surface area contributed by atoms with Crippen LogP contribution in [-0.4, -0.2) is 82.4 Å². The van der Waals surface area contributed by atoms with Gasteiger partial charge in [0.25, 0.3) is 11.8 Å². The van der Waals surface area contributed by atoms with Crippen molar-refractivity contribution in [1.29, 1.82) is 0 Å². The number of aliphatic carboxylic acids is 1. The number of esters is 1. The maximum Gasteiger partial charge on any atom is 0.394 e. The maximum atomic E-state index is 14.4. The van der Waals surface area contributed by atoms with Crippen molar-refractivity contribution in [3.63, 3.8) is 0 Å². The molecule has 2 fully saturated rings. The average molecular weight is 672 g/mol. The van der Waals surface area contributed by atoms with E-state index in [0.717, 1.165) is 12.3 Å². The second-order valence-corrected chi connectivity index (χ2v) is 10.8. The Morgan fingerprint density at radius 3 is 1.89 bits per heavy atom. The van der Waals surface area contributed by atoms with Crippen molar-refractivity contribution in [1.82, 2.24) is 15.0 Å². The summed E-state index contributed by atoms with van der Waals surface area (Å²) >= 11 is 0. The van der Waals surface area contributed by atoms with Crippen molar-refractivity contribution in [3.8, 4) is 11.3 Å². The molecule has 1 N–H and O–H groups in total. The lowest BCUT2D eigenvalue weighted by Gasteiger charge is -2.32. The van der Waals surface area contributed by atoms with E-state index in [-0.39, 0.29) is 100 Å². The Bertz CT molecular complexity index is 1580. The van der Waals surface area contributed by atoms with Gasteiger partial charge < -0.3 is 24.1 Å². The summed E-state index contributed by atoms with van der Waals surface area (Å²) in [7, 11) is 0. The summed E-state index contributed by atoms with van der Waals surface area (Å²) in [6.07, 6.45) is 1.72. The smallest absolute Gasteiger partial charge is 0.394 e. The number of ketones is 1. The highest BCUT2D eigenvalue weighted by molar-refractivity contribution is 5.97. The fraction of sp³-hybridized carbons (Fsp3) is 0.467. The highest BCUT2D eigenvalue weighted by Crippen LogP contribution is 2.32. The van der Waals surface area contributed by atoms with Gasteiger partial charge in [0.15, 0.2) is 29.1 Å². The second-order valence-electron chi connectivity index (χ2n) is 10.8. The van der Waals surface area contributed by atoms with Crippen LogP contribution in [0.5, 0.6) is 0 Å². The van der Waals surface area contributed by atoms with Crippen molar-refractivity contribution < 1.29 is 55.0 Å². The van der Waals surface area contributed by atoms with Crippen molar-refractivity contribution in [2.45, 2.75) is 57.3 Å². The molecule has 11 nitrogen and oxygen atoms in total. The van der Waals surface area contributed by atoms with Crippen LogP contribution in [0.3, 0.4) is 0 Å². The number of ether oxygens (including phenoxy) is 1. The van der Waals surface area contributed by atoms with E-state index in [1.54, 1.807) is 6.92 Å². The number of alkyl halides is 4. The molecule has 254 valence electrons. The zero-order chi connectivity index (χ0) is 34.4. The Hall–Kier alpha value is -4.70. The largest absolute Gasteiger partial charge is 0.481 e. The highest BCUT2D eigenvalue weighted by Gasteiger charge is 2.36. The number of nitrogens with zero attached hydrogens (tertiary/aromatic N) is 5. The molecule has 3 aromatic heterocycles. The van der Waals surface area contributed by atoms with E-state index < -0.39 is 41.2 Å². The topological polar surface area (TPSA) is 139 Å². The first-order valence-corrected chi connectivity index (χ1v) is 14.6. The standard InChI is InChI=1S/C16H16F3N3O3.C14H15F3N2O3/c1-2-24-15(23)14-21-12(9-25-14)10-7-11(17)13(20-8-10)22-5-3-16(18,19)4-6-22;15-10-7-9(11(20)1-2-12(21)22)8-18-13(10)19-5-3-14(16,17)4-6-19/h7-9H,2-6H2,1H3;7-8H,1-6H2,(H,21,22). The average Bonchev–Trinajstić information content (AvgIpc) is 3.52. The molecule has 2 aliphatic heterocycles. The molecule has 0 aromatic carbocycles. The number of aromatic nitrogens is 3. The number of rotatable bonds is 9. The Morgan fingerprint density at radius 1 is 0.872 bits per heavy atom. The monoisotopic (exact) mass is 671 g/mol. The minimum Gasteiger partial charge on any atom is -0.481 e. The quantitative estimate of drug-likeness (QED) is 0.168. The lowest BCUT2D eigenvalue weighted by molar-refractivity contribution is -0.136. The van der Waals surface area contributed by atoms with E-state index >= 15 is 0 Å². The van der Waals surface area contributed by atoms with Gasteiger partial charge in [-0.1, -0.05) is 0 Å². The van der Waals surface area contributed by atoms with Crippen LogP contribution in [0.4, 0.5) is 38.0 Å². The van der Waals surface area contributed by atoms with Gasteiger partial charge in [0.05, 0.1) is 13.0 Å². The Morgan fingerprint density at radius 2 is 1.40 bits per heavy atom. The van der Waals surface area contributed by atoms with Gasteiger partial charge in [0.1, 0.15) is 12.0 Å². The molecule has 0 atom stereocenters. The van der Waals surface area contributed by atoms with E-state index in [2.05, 4.69) is 15.0 Å². The zero-order valence-corrected chi connectivity index (χ0v) is 25.2. The zero-order valence-electron chi connectivity index (χ0n) is 25.2. The minimum atomic E-state index is -2.74. The number of hydrogen-bond donors (Lipinski definition) is 1. The predicted molar refractivity (Wildman–Crippen MR) is 154 cm³/mol. The lowest BCUT2D eigenvalue weighted by Crippen LogP contribution is -2.40. The lowest BCUT2D eigenvalue weighted by atomic mass is 10.1. The minimum absolute atomic E-state index is 0.0107. The molecule has 17 heteroatoms. The number of carboxylic acids is 1. The Kier molecular flexibility index (Phi) is 11.1. The normalized spacial score (nSPS) is 17.0. The molecule has 2 aliphatic rings. The summed E-state index contributed by atoms with van der Waals surface area (Å²) in [5.74, 6) is -9.50. The summed E-state index contributed by atoms with van der Waals surface area (Å²) < 4.78 is 90.7. The van der Waals surface area contributed by atoms with Crippen molar-refractivity contribution >= 4 is 29.4 Å². The van der Waals surface area contributed by atoms with Gasteiger partial charge in [-0.05, 0) is 19.1 Å². The fourth-order valence-corrected chi connectivity index (χ4v) is 4.77. The summed E-state index contributed by atoms with van der Waals surface area (Å²) in [6.45, 7) is 1.87. The highest BCUT2D eigenvalue weighted by atomic mass is 19.3. The van der Waals surface area contributed by atoms with Gasteiger partial charge in [-0.2, -0.15) is 0 Å². The molecule has 5 heterocycles. The number of piperidine rings is 2. The number of pyridine rings is 2. The number of Topliss-reactive ketones (excluding diaryl/α,β-unsaturated/α-hetero) is 1. The molecule has 0 aliphatic carbocycles. The molecular weight excluding hydrogens is 640 g/mol. The predicted octanol–water partition coefficient (Wildman–Crippen LogP) is 5.79. The third kappa shape index (κ3) is 9.42. The van der Waals surface area contributed by atoms with E-state index in [1.165, 1.54) is 28.3 Å². The molecule has 3 aromatic rings. The van der Waals surface area contributed by atoms with Crippen LogP contribution in [0.2, 0.25) is 0 Å². The van der Waals surface area contributed by atoms with E-state index in [1.807, 2.05) is 0 Å². The molecule has 0 unspecified atom stereocenters. The second kappa shape index (κ2) is 14.8. The maximum absolute atomic E-state index is 14.4. The first-order valence-electron chi connectivity index (χ1n) is 14.6. The van der Waals surface area contributed by atoms with Crippen molar-refractivity contribution in [2.24, 2.45) is 0 Å². The van der Waals surface area contributed by atoms with Gasteiger partial charge in [-0.25, -0.2) is 46.1 Å². The van der Waals surface area contributed by atoms with Gasteiger partial charge in [-0.15, -0.1) is 0 Å². The summed E-state index contributed by atoms with van der Waals surface area (Å²) in [5, 5.41) is 8.51. The molecule has 0 spiro atoms. The van der Waals surface area contributed by atoms with Crippen LogP contribution < -0.4 is 9.80 Å². The molecule has 2 saturated heterocycles. The third-order valence-corrected chi connectivity index (χ3v) is 7.37. The number of oxazole rings is 1. The van der Waals surface area contributed by atoms with Crippen LogP contribution in [-0.2, 0) is 9.53 Å². The van der Waals surface area contributed by atoms with Crippen LogP contribution in [0.25, 0.3) is 11.3 Å². The number of anilines is 2. The number of halogens is 6. The van der Waals surface area contributed by atoms with E-state index in [0.29, 0.717) is 5.56 Å². The van der Waals surface area contributed by atoms with Gasteiger partial charge in [0.2, 0.25) is 0 Å². The number of carbonyl (C=O) groups excluding carboxylic acids is 2. The summed E-state index contributed by atoms with van der Waals surface area (Å²) in [6, 6.07) is 2.15. The molecule has 0 saturated carbocycles. The van der Waals surface area contributed by atoms with Crippen LogP contribution in [0.1, 0.15) is 66.5 Å². The van der Waals surface area contributed by atoms with Crippen LogP contribution in [0, 0.1) is 11.6 Å². The number of carbonyl (C=O) groups is 3. The van der Waals surface area contributed by atoms with Crippen molar-refractivity contribution in [3.05, 3.63) is 53.9 Å². The van der Waals surface area contributed by atoms with E-state index in [4.69, 9.17) is 14.3 Å².